The lowest BCUT2D eigenvalue weighted by Gasteiger charge is -2.07. The van der Waals surface area contributed by atoms with Crippen LogP contribution in [0, 0.1) is 0 Å². The third-order valence-corrected chi connectivity index (χ3v) is 2.47. The molecule has 1 aromatic carbocycles. The van der Waals surface area contributed by atoms with E-state index in [1.54, 1.807) is 38.4 Å². The van der Waals surface area contributed by atoms with Crippen molar-refractivity contribution < 1.29 is 14.3 Å². The first kappa shape index (κ1) is 15.0. The maximum Gasteiger partial charge on any atom is 0.251 e. The van der Waals surface area contributed by atoms with Gasteiger partial charge in [-0.1, -0.05) is 0 Å². The fourth-order valence-corrected chi connectivity index (χ4v) is 1.38. The van der Waals surface area contributed by atoms with Crippen LogP contribution in [0.4, 0.5) is 5.69 Å². The zero-order chi connectivity index (χ0) is 14.1. The molecule has 6 nitrogen and oxygen atoms in total. The topological polar surface area (TPSA) is 79.5 Å². The molecule has 0 fully saturated rings. The van der Waals surface area contributed by atoms with Crippen molar-refractivity contribution in [2.75, 3.05) is 39.2 Å². The highest BCUT2D eigenvalue weighted by atomic mass is 16.5. The second kappa shape index (κ2) is 8.10. The van der Waals surface area contributed by atoms with Crippen molar-refractivity contribution in [1.29, 1.82) is 0 Å². The van der Waals surface area contributed by atoms with Gasteiger partial charge in [0.2, 0.25) is 5.91 Å². The van der Waals surface area contributed by atoms with Gasteiger partial charge in [-0.15, -0.1) is 0 Å². The van der Waals surface area contributed by atoms with Gasteiger partial charge in [0.05, 0.1) is 13.2 Å². The van der Waals surface area contributed by atoms with Gasteiger partial charge in [0.15, 0.2) is 0 Å². The number of amides is 2. The molecule has 0 saturated carbocycles. The molecule has 0 spiro atoms. The number of benzene rings is 1. The van der Waals surface area contributed by atoms with E-state index < -0.39 is 0 Å². The van der Waals surface area contributed by atoms with Gasteiger partial charge < -0.3 is 20.7 Å². The molecule has 0 aromatic heterocycles. The molecule has 19 heavy (non-hydrogen) atoms. The number of hydrogen-bond acceptors (Lipinski definition) is 4. The smallest absolute Gasteiger partial charge is 0.251 e. The number of carbonyl (C=O) groups excluding carboxylic acids is 2. The summed E-state index contributed by atoms with van der Waals surface area (Å²) in [5.74, 6) is -0.240. The Bertz CT molecular complexity index is 418. The van der Waals surface area contributed by atoms with Gasteiger partial charge in [-0.2, -0.15) is 0 Å². The minimum atomic E-state index is -0.144. The summed E-state index contributed by atoms with van der Waals surface area (Å²) in [5, 5.41) is 8.20. The largest absolute Gasteiger partial charge is 0.383 e. The average molecular weight is 265 g/mol. The number of ether oxygens (including phenoxy) is 1. The van der Waals surface area contributed by atoms with E-state index in [0.717, 1.165) is 5.69 Å². The highest BCUT2D eigenvalue weighted by Crippen LogP contribution is 2.09. The summed E-state index contributed by atoms with van der Waals surface area (Å²) in [6.07, 6.45) is 0. The Morgan fingerprint density at radius 2 is 1.89 bits per heavy atom. The molecule has 104 valence electrons. The summed E-state index contributed by atoms with van der Waals surface area (Å²) < 4.78 is 4.85. The van der Waals surface area contributed by atoms with E-state index in [0.29, 0.717) is 18.7 Å². The zero-order valence-corrected chi connectivity index (χ0v) is 11.2. The summed E-state index contributed by atoms with van der Waals surface area (Å²) in [4.78, 5) is 22.7. The molecule has 0 bridgehead atoms. The molecule has 1 rings (SSSR count). The maximum atomic E-state index is 11.7. The zero-order valence-electron chi connectivity index (χ0n) is 11.2. The van der Waals surface area contributed by atoms with Crippen molar-refractivity contribution in [2.24, 2.45) is 0 Å². The molecule has 0 unspecified atom stereocenters. The van der Waals surface area contributed by atoms with E-state index in [4.69, 9.17) is 4.74 Å². The number of hydrogen-bond donors (Lipinski definition) is 3. The van der Waals surface area contributed by atoms with Gasteiger partial charge >= 0.3 is 0 Å². The van der Waals surface area contributed by atoms with Crippen LogP contribution >= 0.6 is 0 Å². The van der Waals surface area contributed by atoms with Crippen LogP contribution in [-0.4, -0.2) is 45.7 Å². The molecule has 3 N–H and O–H groups in total. The van der Waals surface area contributed by atoms with Gasteiger partial charge in [-0.05, 0) is 24.3 Å². The first-order chi connectivity index (χ1) is 9.17. The lowest BCUT2D eigenvalue weighted by Crippen LogP contribution is -2.27. The van der Waals surface area contributed by atoms with Gasteiger partial charge in [0.1, 0.15) is 0 Å². The highest BCUT2D eigenvalue weighted by molar-refractivity contribution is 5.94. The molecular weight excluding hydrogens is 246 g/mol. The number of likely N-dealkylation sites (N-methyl/N-ethyl adjacent to an activating group) is 1. The second-order valence-electron chi connectivity index (χ2n) is 3.85. The lowest BCUT2D eigenvalue weighted by molar-refractivity contribution is -0.118. The lowest BCUT2D eigenvalue weighted by atomic mass is 10.2. The Morgan fingerprint density at radius 3 is 2.47 bits per heavy atom. The minimum Gasteiger partial charge on any atom is -0.383 e. The summed E-state index contributed by atoms with van der Waals surface area (Å²) in [7, 11) is 3.16. The standard InChI is InChI=1S/C13H19N3O3/c1-14-12(17)9-16-11-5-3-10(4-6-11)13(18)15-7-8-19-2/h3-6,16H,7-9H2,1-2H3,(H,14,17)(H,15,18). The van der Waals surface area contributed by atoms with Crippen molar-refractivity contribution in [3.63, 3.8) is 0 Å². The summed E-state index contributed by atoms with van der Waals surface area (Å²) in [5.41, 5.74) is 1.36. The molecule has 2 amide bonds. The first-order valence-electron chi connectivity index (χ1n) is 5.99. The van der Waals surface area contributed by atoms with Gasteiger partial charge in [0, 0.05) is 32.0 Å². The molecule has 0 aliphatic heterocycles. The number of anilines is 1. The van der Waals surface area contributed by atoms with Crippen LogP contribution in [0.25, 0.3) is 0 Å². The van der Waals surface area contributed by atoms with Crippen molar-refractivity contribution in [2.45, 2.75) is 0 Å². The highest BCUT2D eigenvalue weighted by Gasteiger charge is 2.04. The third-order valence-electron chi connectivity index (χ3n) is 2.47. The quantitative estimate of drug-likeness (QED) is 0.616. The van der Waals surface area contributed by atoms with E-state index >= 15 is 0 Å². The van der Waals surface area contributed by atoms with E-state index in [1.807, 2.05) is 0 Å². The van der Waals surface area contributed by atoms with Crippen LogP contribution in [0.2, 0.25) is 0 Å². The van der Waals surface area contributed by atoms with Crippen molar-refractivity contribution in [1.82, 2.24) is 10.6 Å². The van der Waals surface area contributed by atoms with Gasteiger partial charge in [-0.3, -0.25) is 9.59 Å². The molecule has 0 heterocycles. The number of methoxy groups -OCH3 is 1. The van der Waals surface area contributed by atoms with Crippen LogP contribution in [0.1, 0.15) is 10.4 Å². The van der Waals surface area contributed by atoms with E-state index in [1.165, 1.54) is 0 Å². The summed E-state index contributed by atoms with van der Waals surface area (Å²) in [6, 6.07) is 6.92. The van der Waals surface area contributed by atoms with Gasteiger partial charge in [-0.25, -0.2) is 0 Å². The Morgan fingerprint density at radius 1 is 1.21 bits per heavy atom. The van der Waals surface area contributed by atoms with E-state index in [-0.39, 0.29) is 18.4 Å². The van der Waals surface area contributed by atoms with Crippen molar-refractivity contribution in [3.8, 4) is 0 Å². The predicted molar refractivity (Wildman–Crippen MR) is 73.2 cm³/mol. The third kappa shape index (κ3) is 5.39. The van der Waals surface area contributed by atoms with Crippen molar-refractivity contribution >= 4 is 17.5 Å². The molecule has 0 aliphatic rings. The fraction of sp³-hybridized carbons (Fsp3) is 0.385. The average Bonchev–Trinajstić information content (AvgIpc) is 2.45. The van der Waals surface area contributed by atoms with Crippen LogP contribution in [0.3, 0.4) is 0 Å². The SMILES string of the molecule is CNC(=O)CNc1ccc(C(=O)NCCOC)cc1. The molecule has 6 heteroatoms. The van der Waals surface area contributed by atoms with Crippen LogP contribution in [-0.2, 0) is 9.53 Å². The van der Waals surface area contributed by atoms with Crippen LogP contribution < -0.4 is 16.0 Å². The minimum absolute atomic E-state index is 0.0959. The Balaban J connectivity index is 2.46. The Kier molecular flexibility index (Phi) is 6.38. The number of nitrogens with one attached hydrogen (secondary N) is 3. The van der Waals surface area contributed by atoms with Crippen LogP contribution in [0.15, 0.2) is 24.3 Å². The van der Waals surface area contributed by atoms with Crippen LogP contribution in [0.5, 0.6) is 0 Å². The number of rotatable bonds is 7. The number of carbonyl (C=O) groups is 2. The summed E-state index contributed by atoms with van der Waals surface area (Å²) >= 11 is 0. The maximum absolute atomic E-state index is 11.7. The van der Waals surface area contributed by atoms with E-state index in [2.05, 4.69) is 16.0 Å². The fourth-order valence-electron chi connectivity index (χ4n) is 1.38. The molecule has 0 atom stereocenters. The van der Waals surface area contributed by atoms with Crippen molar-refractivity contribution in [3.05, 3.63) is 29.8 Å². The summed E-state index contributed by atoms with van der Waals surface area (Å²) in [6.45, 7) is 1.17. The predicted octanol–water partition coefficient (Wildman–Crippen LogP) is 0.221. The molecule has 1 aromatic rings. The second-order valence-corrected chi connectivity index (χ2v) is 3.85. The monoisotopic (exact) mass is 265 g/mol. The molecular formula is C13H19N3O3. The molecule has 0 aliphatic carbocycles. The molecule has 0 radical (unpaired) electrons. The first-order valence-corrected chi connectivity index (χ1v) is 5.99. The Labute approximate surface area is 112 Å². The van der Waals surface area contributed by atoms with Gasteiger partial charge in [0.25, 0.3) is 5.91 Å². The molecule has 0 saturated heterocycles. The normalized spacial score (nSPS) is 9.79. The van der Waals surface area contributed by atoms with E-state index in [9.17, 15) is 9.59 Å². The Hall–Kier alpha value is -2.08.